The summed E-state index contributed by atoms with van der Waals surface area (Å²) < 4.78 is 7.65. The Morgan fingerprint density at radius 2 is 1.96 bits per heavy atom. The Kier molecular flexibility index (Phi) is 5.84. The minimum Gasteiger partial charge on any atom is -0.376 e. The molecule has 1 N–H and O–H groups in total. The molecule has 3 unspecified atom stereocenters. The van der Waals surface area contributed by atoms with Gasteiger partial charge in [0, 0.05) is 25.2 Å². The van der Waals surface area contributed by atoms with Crippen molar-refractivity contribution in [3.8, 4) is 0 Å². The van der Waals surface area contributed by atoms with E-state index in [9.17, 15) is 4.79 Å². The molecule has 1 saturated heterocycles. The van der Waals surface area contributed by atoms with Crippen LogP contribution >= 0.6 is 0 Å². The van der Waals surface area contributed by atoms with Crippen LogP contribution in [-0.4, -0.2) is 34.4 Å². The molecule has 0 radical (unpaired) electrons. The van der Waals surface area contributed by atoms with Gasteiger partial charge < -0.3 is 10.1 Å². The molecule has 1 aromatic heterocycles. The largest absolute Gasteiger partial charge is 0.376 e. The maximum atomic E-state index is 12.4. The number of hydrogen-bond donors (Lipinski definition) is 1. The second kappa shape index (κ2) is 7.47. The van der Waals surface area contributed by atoms with Gasteiger partial charge in [0.2, 0.25) is 5.91 Å². The van der Waals surface area contributed by atoms with Crippen molar-refractivity contribution in [1.82, 2.24) is 15.1 Å². The number of hydrogen-bond acceptors (Lipinski definition) is 3. The Bertz CT molecular complexity index is 543. The van der Waals surface area contributed by atoms with Crippen LogP contribution in [0.15, 0.2) is 0 Å². The molecule has 1 amide bonds. The summed E-state index contributed by atoms with van der Waals surface area (Å²) in [5.41, 5.74) is 3.37. The molecule has 5 nitrogen and oxygen atoms in total. The number of aryl methyl sites for hydroxylation is 2. The van der Waals surface area contributed by atoms with Crippen molar-refractivity contribution in [2.24, 2.45) is 18.9 Å². The molecular weight excluding hydrogens is 290 g/mol. The van der Waals surface area contributed by atoms with E-state index in [0.717, 1.165) is 37.2 Å². The molecule has 2 rings (SSSR count). The maximum absolute atomic E-state index is 12.4. The van der Waals surface area contributed by atoms with Crippen molar-refractivity contribution in [1.29, 1.82) is 0 Å². The summed E-state index contributed by atoms with van der Waals surface area (Å²) in [4.78, 5) is 12.4. The molecule has 0 saturated carbocycles. The fourth-order valence-corrected chi connectivity index (χ4v) is 3.64. The van der Waals surface area contributed by atoms with Crippen molar-refractivity contribution in [3.63, 3.8) is 0 Å². The topological polar surface area (TPSA) is 56.2 Å². The van der Waals surface area contributed by atoms with Gasteiger partial charge in [-0.15, -0.1) is 0 Å². The van der Waals surface area contributed by atoms with Gasteiger partial charge in [-0.05, 0) is 58.4 Å². The van der Waals surface area contributed by atoms with Gasteiger partial charge in [0.1, 0.15) is 0 Å². The molecule has 0 bridgehead atoms. The normalized spacial score (nSPS) is 26.1. The first-order valence-electron chi connectivity index (χ1n) is 8.70. The van der Waals surface area contributed by atoms with Gasteiger partial charge in [0.15, 0.2) is 0 Å². The lowest BCUT2D eigenvalue weighted by molar-refractivity contribution is -0.125. The molecule has 3 atom stereocenters. The average Bonchev–Trinajstić information content (AvgIpc) is 2.70. The van der Waals surface area contributed by atoms with Crippen LogP contribution in [0.3, 0.4) is 0 Å². The zero-order valence-electron chi connectivity index (χ0n) is 15.3. The highest BCUT2D eigenvalue weighted by atomic mass is 16.5. The first-order valence-corrected chi connectivity index (χ1v) is 8.70. The quantitative estimate of drug-likeness (QED) is 0.907. The number of amides is 1. The van der Waals surface area contributed by atoms with E-state index in [1.807, 2.05) is 25.6 Å². The van der Waals surface area contributed by atoms with E-state index in [1.54, 1.807) is 0 Å². The highest BCUT2D eigenvalue weighted by molar-refractivity contribution is 5.78. The SMILES string of the molecule is Cc1nn(C)c(C)c1CC(C)C(=O)NCC1CC(C)OC(C)C1. The van der Waals surface area contributed by atoms with E-state index in [2.05, 4.69) is 31.2 Å². The fourth-order valence-electron chi connectivity index (χ4n) is 3.64. The molecule has 0 aliphatic carbocycles. The molecule has 1 aliphatic rings. The minimum absolute atomic E-state index is 0.0358. The Balaban J connectivity index is 1.85. The zero-order valence-corrected chi connectivity index (χ0v) is 15.3. The van der Waals surface area contributed by atoms with E-state index < -0.39 is 0 Å². The van der Waals surface area contributed by atoms with Crippen LogP contribution in [0.2, 0.25) is 0 Å². The monoisotopic (exact) mass is 321 g/mol. The molecule has 0 spiro atoms. The summed E-state index contributed by atoms with van der Waals surface area (Å²) in [6.07, 6.45) is 3.38. The highest BCUT2D eigenvalue weighted by Gasteiger charge is 2.25. The van der Waals surface area contributed by atoms with E-state index in [0.29, 0.717) is 18.1 Å². The smallest absolute Gasteiger partial charge is 0.223 e. The third-order valence-electron chi connectivity index (χ3n) is 4.98. The van der Waals surface area contributed by atoms with E-state index in [4.69, 9.17) is 4.74 Å². The van der Waals surface area contributed by atoms with Crippen LogP contribution in [0.4, 0.5) is 0 Å². The highest BCUT2D eigenvalue weighted by Crippen LogP contribution is 2.24. The number of carbonyl (C=O) groups excluding carboxylic acids is 1. The van der Waals surface area contributed by atoms with Crippen molar-refractivity contribution in [2.75, 3.05) is 6.54 Å². The van der Waals surface area contributed by atoms with Gasteiger partial charge in [-0.2, -0.15) is 5.10 Å². The van der Waals surface area contributed by atoms with Crippen LogP contribution in [0.5, 0.6) is 0 Å². The second-order valence-corrected chi connectivity index (χ2v) is 7.22. The van der Waals surface area contributed by atoms with Gasteiger partial charge >= 0.3 is 0 Å². The third kappa shape index (κ3) is 4.56. The van der Waals surface area contributed by atoms with Crippen molar-refractivity contribution < 1.29 is 9.53 Å². The Morgan fingerprint density at radius 3 is 2.48 bits per heavy atom. The second-order valence-electron chi connectivity index (χ2n) is 7.22. The molecule has 5 heteroatoms. The summed E-state index contributed by atoms with van der Waals surface area (Å²) >= 11 is 0. The van der Waals surface area contributed by atoms with Gasteiger partial charge in [0.05, 0.1) is 17.9 Å². The summed E-state index contributed by atoms with van der Waals surface area (Å²) in [5, 5.41) is 7.57. The lowest BCUT2D eigenvalue weighted by atomic mass is 9.92. The molecular formula is C18H31N3O2. The number of nitrogens with zero attached hydrogens (tertiary/aromatic N) is 2. The van der Waals surface area contributed by atoms with Gasteiger partial charge in [0.25, 0.3) is 0 Å². The predicted octanol–water partition coefficient (Wildman–Crippen LogP) is 2.54. The summed E-state index contributed by atoms with van der Waals surface area (Å²) in [7, 11) is 1.95. The lowest BCUT2D eigenvalue weighted by Crippen LogP contribution is -2.39. The first-order chi connectivity index (χ1) is 10.8. The predicted molar refractivity (Wildman–Crippen MR) is 91.3 cm³/mol. The first kappa shape index (κ1) is 18.0. The number of nitrogens with one attached hydrogen (secondary N) is 1. The molecule has 23 heavy (non-hydrogen) atoms. The number of rotatable bonds is 5. The molecule has 0 aromatic carbocycles. The Morgan fingerprint density at radius 1 is 1.35 bits per heavy atom. The van der Waals surface area contributed by atoms with E-state index >= 15 is 0 Å². The van der Waals surface area contributed by atoms with E-state index in [-0.39, 0.29) is 11.8 Å². The minimum atomic E-state index is -0.0358. The maximum Gasteiger partial charge on any atom is 0.223 e. The standard InChI is InChI=1S/C18H31N3O2/c1-11(7-17-14(4)20-21(6)15(17)5)18(22)19-10-16-8-12(2)23-13(3)9-16/h11-13,16H,7-10H2,1-6H3,(H,19,22). The Hall–Kier alpha value is -1.36. The molecule has 2 heterocycles. The van der Waals surface area contributed by atoms with Crippen molar-refractivity contribution in [3.05, 3.63) is 17.0 Å². The van der Waals surface area contributed by atoms with Gasteiger partial charge in [-0.1, -0.05) is 6.92 Å². The molecule has 1 aromatic rings. The summed E-state index contributed by atoms with van der Waals surface area (Å²) in [6.45, 7) is 11.0. The molecule has 1 fully saturated rings. The third-order valence-corrected chi connectivity index (χ3v) is 4.98. The van der Waals surface area contributed by atoms with Crippen LogP contribution in [0.25, 0.3) is 0 Å². The number of carbonyl (C=O) groups is 1. The van der Waals surface area contributed by atoms with Crippen LogP contribution in [0.1, 0.15) is 50.6 Å². The van der Waals surface area contributed by atoms with E-state index in [1.165, 1.54) is 5.56 Å². The van der Waals surface area contributed by atoms with Gasteiger partial charge in [-0.3, -0.25) is 9.48 Å². The fraction of sp³-hybridized carbons (Fsp3) is 0.778. The summed E-state index contributed by atoms with van der Waals surface area (Å²) in [6, 6.07) is 0. The van der Waals surface area contributed by atoms with Crippen molar-refractivity contribution >= 4 is 5.91 Å². The number of aromatic nitrogens is 2. The van der Waals surface area contributed by atoms with Crippen molar-refractivity contribution in [2.45, 2.75) is 66.1 Å². The zero-order chi connectivity index (χ0) is 17.1. The Labute approximate surface area is 139 Å². The van der Waals surface area contributed by atoms with Crippen LogP contribution in [0, 0.1) is 25.7 Å². The number of ether oxygens (including phenoxy) is 1. The average molecular weight is 321 g/mol. The molecule has 130 valence electrons. The molecule has 1 aliphatic heterocycles. The lowest BCUT2D eigenvalue weighted by Gasteiger charge is -2.32. The summed E-state index contributed by atoms with van der Waals surface area (Å²) in [5.74, 6) is 0.623. The van der Waals surface area contributed by atoms with Crippen LogP contribution in [-0.2, 0) is 23.0 Å². The van der Waals surface area contributed by atoms with Crippen LogP contribution < -0.4 is 5.32 Å². The van der Waals surface area contributed by atoms with Gasteiger partial charge in [-0.25, -0.2) is 0 Å².